The molecule has 0 bridgehead atoms. The number of carbonyl (C=O) groups excluding carboxylic acids is 1. The van der Waals surface area contributed by atoms with E-state index in [0.29, 0.717) is 13.1 Å². The Morgan fingerprint density at radius 2 is 2.32 bits per heavy atom. The third kappa shape index (κ3) is 5.18. The first-order valence-corrected chi connectivity index (χ1v) is 9.37. The van der Waals surface area contributed by atoms with Crippen molar-refractivity contribution in [2.24, 2.45) is 0 Å². The van der Waals surface area contributed by atoms with Gasteiger partial charge >= 0.3 is 0 Å². The molecule has 4 nitrogen and oxygen atoms in total. The van der Waals surface area contributed by atoms with Crippen molar-refractivity contribution in [3.63, 3.8) is 0 Å². The summed E-state index contributed by atoms with van der Waals surface area (Å²) in [6, 6.07) is 11.7. The highest BCUT2D eigenvalue weighted by atomic mass is 32.1. The van der Waals surface area contributed by atoms with Gasteiger partial charge in [0.15, 0.2) is 0 Å². The monoisotopic (exact) mass is 357 g/mol. The molecule has 3 rings (SSSR count). The first-order chi connectivity index (χ1) is 12.2. The molecule has 25 heavy (non-hydrogen) atoms. The quantitative estimate of drug-likeness (QED) is 0.704. The maximum Gasteiger partial charge on any atom is 0.246 e. The summed E-state index contributed by atoms with van der Waals surface area (Å²) >= 11 is 1.67. The van der Waals surface area contributed by atoms with Gasteiger partial charge in [0.1, 0.15) is 5.75 Å². The molecule has 1 atom stereocenters. The molecule has 1 fully saturated rings. The third-order valence-electron chi connectivity index (χ3n) is 4.20. The highest BCUT2D eigenvalue weighted by Crippen LogP contribution is 2.18. The first kappa shape index (κ1) is 17.7. The Hall–Kier alpha value is -2.11. The van der Waals surface area contributed by atoms with Crippen LogP contribution in [0.1, 0.15) is 23.3 Å². The van der Waals surface area contributed by atoms with Crippen molar-refractivity contribution in [2.45, 2.75) is 25.5 Å². The number of carbonyl (C=O) groups is 1. The topological polar surface area (TPSA) is 38.8 Å². The number of hydrogen-bond donors (Lipinski definition) is 0. The Bertz CT molecular complexity index is 705. The molecular weight excluding hydrogens is 334 g/mol. The van der Waals surface area contributed by atoms with Crippen LogP contribution in [0.4, 0.5) is 0 Å². The largest absolute Gasteiger partial charge is 0.497 e. The maximum atomic E-state index is 12.7. The van der Waals surface area contributed by atoms with E-state index in [-0.39, 0.29) is 12.0 Å². The lowest BCUT2D eigenvalue weighted by atomic mass is 10.2. The highest BCUT2D eigenvalue weighted by Gasteiger charge is 2.21. The summed E-state index contributed by atoms with van der Waals surface area (Å²) < 4.78 is 10.9. The van der Waals surface area contributed by atoms with Crippen LogP contribution in [0.2, 0.25) is 0 Å². The van der Waals surface area contributed by atoms with Gasteiger partial charge < -0.3 is 14.4 Å². The number of thiophene rings is 1. The van der Waals surface area contributed by atoms with Gasteiger partial charge in [0.25, 0.3) is 0 Å². The van der Waals surface area contributed by atoms with Gasteiger partial charge in [-0.3, -0.25) is 4.79 Å². The van der Waals surface area contributed by atoms with Crippen LogP contribution in [0, 0.1) is 0 Å². The van der Waals surface area contributed by atoms with Crippen molar-refractivity contribution in [3.05, 3.63) is 58.3 Å². The number of amides is 1. The molecule has 0 aliphatic carbocycles. The molecule has 0 saturated carbocycles. The third-order valence-corrected chi connectivity index (χ3v) is 5.06. The van der Waals surface area contributed by atoms with Crippen LogP contribution >= 0.6 is 11.3 Å². The number of ether oxygens (including phenoxy) is 2. The van der Waals surface area contributed by atoms with Gasteiger partial charge in [-0.05, 0) is 48.1 Å². The summed E-state index contributed by atoms with van der Waals surface area (Å²) in [4.78, 5) is 15.8. The minimum atomic E-state index is 0.00622. The van der Waals surface area contributed by atoms with Crippen molar-refractivity contribution in [1.29, 1.82) is 0 Å². The lowest BCUT2D eigenvalue weighted by Gasteiger charge is -2.23. The number of methoxy groups -OCH3 is 1. The Labute approximate surface area is 152 Å². The van der Waals surface area contributed by atoms with Crippen molar-refractivity contribution < 1.29 is 14.3 Å². The lowest BCUT2D eigenvalue weighted by Crippen LogP contribution is -2.35. The van der Waals surface area contributed by atoms with E-state index < -0.39 is 0 Å². The summed E-state index contributed by atoms with van der Waals surface area (Å²) in [6.45, 7) is 2.06. The van der Waals surface area contributed by atoms with E-state index in [4.69, 9.17) is 9.47 Å². The number of nitrogens with zero attached hydrogens (tertiary/aromatic N) is 1. The molecule has 1 unspecified atom stereocenters. The van der Waals surface area contributed by atoms with E-state index in [9.17, 15) is 4.79 Å². The van der Waals surface area contributed by atoms with E-state index in [1.165, 1.54) is 4.88 Å². The van der Waals surface area contributed by atoms with Crippen LogP contribution in [-0.2, 0) is 16.1 Å². The number of hydrogen-bond acceptors (Lipinski definition) is 4. The Morgan fingerprint density at radius 3 is 3.04 bits per heavy atom. The zero-order valence-electron chi connectivity index (χ0n) is 14.4. The van der Waals surface area contributed by atoms with E-state index in [0.717, 1.165) is 30.8 Å². The molecular formula is C20H23NO3S. The van der Waals surface area contributed by atoms with E-state index in [2.05, 4.69) is 6.07 Å². The zero-order chi connectivity index (χ0) is 17.5. The molecule has 1 aliphatic heterocycles. The molecule has 1 aliphatic rings. The average molecular weight is 357 g/mol. The van der Waals surface area contributed by atoms with Crippen LogP contribution in [0.15, 0.2) is 47.9 Å². The van der Waals surface area contributed by atoms with Gasteiger partial charge in [-0.1, -0.05) is 18.2 Å². The van der Waals surface area contributed by atoms with Crippen molar-refractivity contribution in [1.82, 2.24) is 4.90 Å². The van der Waals surface area contributed by atoms with Gasteiger partial charge in [-0.15, -0.1) is 11.3 Å². The maximum absolute atomic E-state index is 12.7. The van der Waals surface area contributed by atoms with E-state index >= 15 is 0 Å². The average Bonchev–Trinajstić information content (AvgIpc) is 3.33. The van der Waals surface area contributed by atoms with Crippen molar-refractivity contribution >= 4 is 23.3 Å². The van der Waals surface area contributed by atoms with Gasteiger partial charge in [-0.25, -0.2) is 0 Å². The van der Waals surface area contributed by atoms with Gasteiger partial charge in [-0.2, -0.15) is 0 Å². The predicted molar refractivity (Wildman–Crippen MR) is 101 cm³/mol. The van der Waals surface area contributed by atoms with Crippen LogP contribution in [-0.4, -0.2) is 37.2 Å². The predicted octanol–water partition coefficient (Wildman–Crippen LogP) is 3.98. The molecule has 0 radical (unpaired) electrons. The number of rotatable bonds is 7. The molecule has 1 amide bonds. The Balaban J connectivity index is 1.69. The van der Waals surface area contributed by atoms with Crippen LogP contribution in [0.5, 0.6) is 5.75 Å². The summed E-state index contributed by atoms with van der Waals surface area (Å²) in [5.41, 5.74) is 0.945. The summed E-state index contributed by atoms with van der Waals surface area (Å²) in [7, 11) is 1.64. The molecule has 1 aromatic carbocycles. The molecule has 0 N–H and O–H groups in total. The molecule has 132 valence electrons. The molecule has 2 aromatic rings. The van der Waals surface area contributed by atoms with Gasteiger partial charge in [0, 0.05) is 24.1 Å². The molecule has 5 heteroatoms. The first-order valence-electron chi connectivity index (χ1n) is 8.49. The van der Waals surface area contributed by atoms with Gasteiger partial charge in [0.05, 0.1) is 19.8 Å². The van der Waals surface area contributed by atoms with E-state index in [1.807, 2.05) is 46.7 Å². The lowest BCUT2D eigenvalue weighted by molar-refractivity contribution is -0.128. The Morgan fingerprint density at radius 1 is 1.40 bits per heavy atom. The normalized spacial score (nSPS) is 17.1. The van der Waals surface area contributed by atoms with Crippen LogP contribution in [0.25, 0.3) is 6.08 Å². The molecule has 0 spiro atoms. The minimum absolute atomic E-state index is 0.00622. The van der Waals surface area contributed by atoms with Crippen molar-refractivity contribution in [2.75, 3.05) is 20.3 Å². The fourth-order valence-electron chi connectivity index (χ4n) is 2.88. The minimum Gasteiger partial charge on any atom is -0.497 e. The second-order valence-corrected chi connectivity index (χ2v) is 7.08. The second kappa shape index (κ2) is 8.83. The second-order valence-electron chi connectivity index (χ2n) is 6.04. The van der Waals surface area contributed by atoms with Crippen LogP contribution < -0.4 is 4.74 Å². The van der Waals surface area contributed by atoms with Gasteiger partial charge in [0.2, 0.25) is 5.91 Å². The summed E-state index contributed by atoms with van der Waals surface area (Å²) in [5, 5.41) is 2.04. The highest BCUT2D eigenvalue weighted by molar-refractivity contribution is 7.09. The summed E-state index contributed by atoms with van der Waals surface area (Å²) in [5.74, 6) is 0.788. The Kier molecular flexibility index (Phi) is 6.25. The SMILES string of the molecule is COc1cccc(/C=C/C(=O)N(Cc2cccs2)CC2CCCO2)c1. The zero-order valence-corrected chi connectivity index (χ0v) is 15.2. The molecule has 2 heterocycles. The standard InChI is InChI=1S/C20H23NO3S/c1-23-17-6-2-5-16(13-17)9-10-20(22)21(14-18-7-3-11-24-18)15-19-8-4-12-25-19/h2,4-6,8-10,12-13,18H,3,7,11,14-15H2,1H3/b10-9+. The fraction of sp³-hybridized carbons (Fsp3) is 0.350. The molecule has 1 saturated heterocycles. The van der Waals surface area contributed by atoms with Crippen LogP contribution in [0.3, 0.4) is 0 Å². The number of benzene rings is 1. The van der Waals surface area contributed by atoms with E-state index in [1.54, 1.807) is 24.5 Å². The molecule has 1 aromatic heterocycles. The van der Waals surface area contributed by atoms with Crippen molar-refractivity contribution in [3.8, 4) is 5.75 Å². The smallest absolute Gasteiger partial charge is 0.246 e. The fourth-order valence-corrected chi connectivity index (χ4v) is 3.59. The summed E-state index contributed by atoms with van der Waals surface area (Å²) in [6.07, 6.45) is 5.72.